The van der Waals surface area contributed by atoms with E-state index < -0.39 is 36.0 Å². The minimum Gasteiger partial charge on any atom is -0.504 e. The second kappa shape index (κ2) is 7.26. The first-order chi connectivity index (χ1) is 16.9. The van der Waals surface area contributed by atoms with Gasteiger partial charge >= 0.3 is 6.18 Å². The van der Waals surface area contributed by atoms with Crippen LogP contribution in [0.25, 0.3) is 33.5 Å². The Hall–Kier alpha value is -4.02. The molecule has 1 amide bonds. The summed E-state index contributed by atoms with van der Waals surface area (Å²) in [4.78, 5) is 24.9. The minimum absolute atomic E-state index is 0.0183. The van der Waals surface area contributed by atoms with E-state index in [4.69, 9.17) is 4.11 Å². The van der Waals surface area contributed by atoms with Crippen LogP contribution in [0.15, 0.2) is 48.9 Å². The third-order valence-electron chi connectivity index (χ3n) is 5.62. The third-order valence-corrected chi connectivity index (χ3v) is 5.62. The predicted octanol–water partition coefficient (Wildman–Crippen LogP) is 4.08. The van der Waals surface area contributed by atoms with E-state index in [9.17, 15) is 23.1 Å². The van der Waals surface area contributed by atoms with E-state index in [1.54, 1.807) is 30.3 Å². The third kappa shape index (κ3) is 3.36. The maximum absolute atomic E-state index is 13.4. The smallest absolute Gasteiger partial charge is 0.403 e. The molecule has 3 aromatic heterocycles. The van der Waals surface area contributed by atoms with E-state index in [-0.39, 0.29) is 40.8 Å². The molecule has 4 aromatic rings. The number of alkyl halides is 3. The number of halogens is 3. The number of aromatic hydroxyl groups is 1. The summed E-state index contributed by atoms with van der Waals surface area (Å²) in [5.74, 6) is -2.40. The predicted molar refractivity (Wildman–Crippen MR) is 113 cm³/mol. The van der Waals surface area contributed by atoms with Crippen LogP contribution in [0.1, 0.15) is 17.0 Å². The SMILES string of the molecule is [2H]C([2H])([2H])n1ncc(-c2ncnc3cc(O)c(NC(=O)C4(C(F)(F)F)CC4)nc23)c1-c1ccccc1. The normalized spacial score (nSPS) is 16.6. The zero-order valence-electron chi connectivity index (χ0n) is 19.8. The van der Waals surface area contributed by atoms with Gasteiger partial charge in [-0.1, -0.05) is 30.3 Å². The molecule has 0 radical (unpaired) electrons. The quantitative estimate of drug-likeness (QED) is 0.478. The van der Waals surface area contributed by atoms with Crippen LogP contribution in [0.2, 0.25) is 0 Å². The molecule has 1 fully saturated rings. The zero-order valence-corrected chi connectivity index (χ0v) is 16.8. The lowest BCUT2D eigenvalue weighted by Crippen LogP contribution is -2.37. The highest BCUT2D eigenvalue weighted by atomic mass is 19.4. The van der Waals surface area contributed by atoms with Crippen molar-refractivity contribution >= 4 is 22.8 Å². The van der Waals surface area contributed by atoms with Crippen LogP contribution in [0, 0.1) is 5.41 Å². The molecule has 5 rings (SSSR count). The number of nitrogens with zero attached hydrogens (tertiary/aromatic N) is 5. The number of carbonyl (C=O) groups is 1. The Morgan fingerprint density at radius 3 is 2.67 bits per heavy atom. The minimum atomic E-state index is -4.74. The largest absolute Gasteiger partial charge is 0.504 e. The molecule has 33 heavy (non-hydrogen) atoms. The zero-order chi connectivity index (χ0) is 25.9. The van der Waals surface area contributed by atoms with Gasteiger partial charge in [-0.3, -0.25) is 9.48 Å². The maximum Gasteiger partial charge on any atom is 0.403 e. The molecular formula is C22H17F3N6O2. The summed E-state index contributed by atoms with van der Waals surface area (Å²) in [5, 5.41) is 16.4. The van der Waals surface area contributed by atoms with Gasteiger partial charge in [-0.15, -0.1) is 0 Å². The molecule has 3 heterocycles. The highest BCUT2D eigenvalue weighted by Crippen LogP contribution is 2.58. The van der Waals surface area contributed by atoms with E-state index in [2.05, 4.69) is 25.4 Å². The monoisotopic (exact) mass is 457 g/mol. The average Bonchev–Trinajstić information content (AvgIpc) is 3.52. The van der Waals surface area contributed by atoms with Gasteiger partial charge in [0.1, 0.15) is 23.0 Å². The lowest BCUT2D eigenvalue weighted by Gasteiger charge is -2.18. The Morgan fingerprint density at radius 1 is 1.24 bits per heavy atom. The van der Waals surface area contributed by atoms with Crippen LogP contribution >= 0.6 is 0 Å². The van der Waals surface area contributed by atoms with Gasteiger partial charge in [0.05, 0.1) is 17.4 Å². The Morgan fingerprint density at radius 2 is 2.00 bits per heavy atom. The molecule has 8 nitrogen and oxygen atoms in total. The Bertz CT molecular complexity index is 1480. The number of hydrogen-bond donors (Lipinski definition) is 2. The highest BCUT2D eigenvalue weighted by Gasteiger charge is 2.68. The molecule has 1 saturated carbocycles. The molecule has 2 N–H and O–H groups in total. The first kappa shape index (κ1) is 17.5. The van der Waals surface area contributed by atoms with Gasteiger partial charge < -0.3 is 10.4 Å². The van der Waals surface area contributed by atoms with E-state index in [1.165, 1.54) is 12.5 Å². The van der Waals surface area contributed by atoms with Crippen molar-refractivity contribution in [2.75, 3.05) is 5.32 Å². The first-order valence-electron chi connectivity index (χ1n) is 11.3. The van der Waals surface area contributed by atoms with Gasteiger partial charge in [-0.05, 0) is 12.8 Å². The summed E-state index contributed by atoms with van der Waals surface area (Å²) in [6, 6.07) is 9.68. The molecule has 1 aliphatic rings. The molecule has 0 aliphatic heterocycles. The fourth-order valence-corrected chi connectivity index (χ4v) is 3.65. The molecular weight excluding hydrogens is 437 g/mol. The van der Waals surface area contributed by atoms with Crippen molar-refractivity contribution in [1.82, 2.24) is 24.7 Å². The molecule has 0 unspecified atom stereocenters. The summed E-state index contributed by atoms with van der Waals surface area (Å²) in [6.07, 6.45) is -3.01. The highest BCUT2D eigenvalue weighted by molar-refractivity contribution is 6.00. The van der Waals surface area contributed by atoms with E-state index >= 15 is 0 Å². The van der Waals surface area contributed by atoms with Gasteiger partial charge in [0.15, 0.2) is 11.6 Å². The molecule has 1 aromatic carbocycles. The fourth-order valence-electron chi connectivity index (χ4n) is 3.65. The van der Waals surface area contributed by atoms with Crippen LogP contribution < -0.4 is 5.32 Å². The number of rotatable bonds is 4. The number of hydrogen-bond acceptors (Lipinski definition) is 6. The van der Waals surface area contributed by atoms with Gasteiger partial charge in [0, 0.05) is 28.3 Å². The van der Waals surface area contributed by atoms with Crippen molar-refractivity contribution in [2.45, 2.75) is 19.0 Å². The van der Waals surface area contributed by atoms with Crippen molar-refractivity contribution in [3.8, 4) is 28.3 Å². The second-order valence-corrected chi connectivity index (χ2v) is 7.66. The van der Waals surface area contributed by atoms with Crippen LogP contribution in [0.5, 0.6) is 5.75 Å². The van der Waals surface area contributed by atoms with Crippen LogP contribution in [-0.4, -0.2) is 41.9 Å². The van der Waals surface area contributed by atoms with Crippen LogP contribution in [0.3, 0.4) is 0 Å². The molecule has 168 valence electrons. The van der Waals surface area contributed by atoms with E-state index in [0.717, 1.165) is 10.7 Å². The van der Waals surface area contributed by atoms with Crippen molar-refractivity contribution in [2.24, 2.45) is 12.4 Å². The summed E-state index contributed by atoms with van der Waals surface area (Å²) in [6.45, 7) is -2.63. The first-order valence-corrected chi connectivity index (χ1v) is 9.79. The number of benzene rings is 1. The molecule has 0 spiro atoms. The van der Waals surface area contributed by atoms with Gasteiger partial charge in [-0.2, -0.15) is 18.3 Å². The molecule has 0 saturated heterocycles. The Balaban J connectivity index is 1.66. The van der Waals surface area contributed by atoms with Crippen molar-refractivity contribution in [3.63, 3.8) is 0 Å². The molecule has 1 aliphatic carbocycles. The number of aryl methyl sites for hydroxylation is 1. The average molecular weight is 457 g/mol. The summed E-state index contributed by atoms with van der Waals surface area (Å²) in [5.41, 5.74) is -1.30. The lowest BCUT2D eigenvalue weighted by atomic mass is 10.0. The van der Waals surface area contributed by atoms with Crippen molar-refractivity contribution < 1.29 is 27.2 Å². The molecule has 11 heteroatoms. The van der Waals surface area contributed by atoms with E-state index in [0.29, 0.717) is 5.56 Å². The Labute approximate surface area is 189 Å². The number of anilines is 1. The summed E-state index contributed by atoms with van der Waals surface area (Å²) < 4.78 is 64.6. The van der Waals surface area contributed by atoms with Gasteiger partial charge in [0.2, 0.25) is 5.91 Å². The number of pyridine rings is 1. The van der Waals surface area contributed by atoms with Gasteiger partial charge in [0.25, 0.3) is 0 Å². The number of amides is 1. The van der Waals surface area contributed by atoms with Crippen molar-refractivity contribution in [3.05, 3.63) is 48.9 Å². The number of carbonyl (C=O) groups excluding carboxylic acids is 1. The van der Waals surface area contributed by atoms with Crippen LogP contribution in [-0.2, 0) is 11.8 Å². The summed E-state index contributed by atoms with van der Waals surface area (Å²) >= 11 is 0. The fraction of sp³-hybridized carbons (Fsp3) is 0.227. The molecule has 0 bridgehead atoms. The maximum atomic E-state index is 13.4. The second-order valence-electron chi connectivity index (χ2n) is 7.66. The van der Waals surface area contributed by atoms with E-state index in [1.807, 2.05) is 0 Å². The summed E-state index contributed by atoms with van der Waals surface area (Å²) in [7, 11) is 0. The number of nitrogens with one attached hydrogen (secondary N) is 1. The number of fused-ring (bicyclic) bond motifs is 1. The number of aromatic nitrogens is 5. The molecule has 0 atom stereocenters. The Kier molecular flexibility index (Phi) is 3.85. The standard InChI is InChI=1S/C22H17F3N6O2/c1-31-18(12-5-3-2-4-6-12)13(10-28-31)16-17-14(26-11-27-16)9-15(32)19(29-17)30-20(33)21(7-8-21)22(23,24)25/h2-6,9-11,32H,7-8H2,1H3,(H,29,30,33)/i1D3. The van der Waals surface area contributed by atoms with Crippen LogP contribution in [0.4, 0.5) is 19.0 Å². The van der Waals surface area contributed by atoms with Gasteiger partial charge in [-0.25, -0.2) is 15.0 Å². The lowest BCUT2D eigenvalue weighted by molar-refractivity contribution is -0.189. The topological polar surface area (TPSA) is 106 Å². The van der Waals surface area contributed by atoms with Crippen molar-refractivity contribution in [1.29, 1.82) is 0 Å².